The first-order chi connectivity index (χ1) is 16.8. The average Bonchev–Trinajstić information content (AvgIpc) is 2.87. The van der Waals surface area contributed by atoms with Crippen molar-refractivity contribution in [2.75, 3.05) is 26.2 Å². The molecule has 1 rings (SSSR count). The summed E-state index contributed by atoms with van der Waals surface area (Å²) >= 11 is 0. The summed E-state index contributed by atoms with van der Waals surface area (Å²) in [7, 11) is -4.37. The van der Waals surface area contributed by atoms with E-state index in [1.807, 2.05) is 0 Å². The molecule has 0 N–H and O–H groups in total. The number of nitrogens with zero attached hydrogens (tertiary/aromatic N) is 1. The van der Waals surface area contributed by atoms with Crippen LogP contribution in [0.25, 0.3) is 6.08 Å². The molecule has 0 aliphatic heterocycles. The zero-order valence-corrected chi connectivity index (χ0v) is 24.2. The highest BCUT2D eigenvalue weighted by molar-refractivity contribution is 7.85. The first-order valence-corrected chi connectivity index (χ1v) is 15.7. The molecule has 0 spiro atoms. The Hall–Kier alpha value is -1.17. The smallest absolute Gasteiger partial charge is 0.125 e. The summed E-state index contributed by atoms with van der Waals surface area (Å²) in [6.07, 6.45) is 21.8. The lowest BCUT2D eigenvalue weighted by atomic mass is 10.0. The van der Waals surface area contributed by atoms with E-state index in [2.05, 4.69) is 34.3 Å². The molecule has 0 aliphatic carbocycles. The third kappa shape index (κ3) is 16.2. The Labute approximate surface area is 218 Å². The van der Waals surface area contributed by atoms with Crippen LogP contribution in [0.1, 0.15) is 123 Å². The zero-order valence-electron chi connectivity index (χ0n) is 23.4. The number of hydrogen-bond acceptors (Lipinski definition) is 3. The van der Waals surface area contributed by atoms with Gasteiger partial charge in [-0.05, 0) is 45.2 Å². The number of hydrogen-bond donors (Lipinski definition) is 0. The quantitative estimate of drug-likeness (QED) is 0.100. The molecule has 0 amide bonds. The molecule has 35 heavy (non-hydrogen) atoms. The van der Waals surface area contributed by atoms with Crippen LogP contribution in [0.15, 0.2) is 35.7 Å². The monoisotopic (exact) mass is 509 g/mol. The molecule has 0 saturated carbocycles. The highest BCUT2D eigenvalue weighted by atomic mass is 32.2. The van der Waals surface area contributed by atoms with E-state index in [-0.39, 0.29) is 4.90 Å². The van der Waals surface area contributed by atoms with Crippen molar-refractivity contribution in [3.63, 3.8) is 0 Å². The Balaban J connectivity index is 0.000000801. The number of rotatable bonds is 20. The number of benzene rings is 1. The summed E-state index contributed by atoms with van der Waals surface area (Å²) in [6.45, 7) is 18.1. The second-order valence-electron chi connectivity index (χ2n) is 9.81. The van der Waals surface area contributed by atoms with Gasteiger partial charge in [0.25, 0.3) is 0 Å². The maximum absolute atomic E-state index is 10.6. The van der Waals surface area contributed by atoms with Crippen molar-refractivity contribution in [1.82, 2.24) is 0 Å². The lowest BCUT2D eigenvalue weighted by Gasteiger charge is -2.35. The van der Waals surface area contributed by atoms with Crippen LogP contribution in [-0.2, 0) is 10.1 Å². The lowest BCUT2D eigenvalue weighted by Crippen LogP contribution is -2.48. The summed E-state index contributed by atoms with van der Waals surface area (Å²) in [5, 5.41) is 0. The standard InChI is InChI=1S/C22H48N.C8H8O3S/c1-5-9-10-11-12-13-14-15-16-17-18-19-20-21-22-23(6-2,7-3)8-4;1-2-7-5-3-4-6-8(7)12(9,10)11/h5-22H2,1-4H3;2-6H,1H2,(H,9,10,11)/q+1;/p-1. The van der Waals surface area contributed by atoms with Gasteiger partial charge in [-0.3, -0.25) is 0 Å². The normalized spacial score (nSPS) is 11.7. The fourth-order valence-electron chi connectivity index (χ4n) is 4.66. The molecule has 0 unspecified atom stereocenters. The molecule has 5 heteroatoms. The predicted molar refractivity (Wildman–Crippen MR) is 152 cm³/mol. The summed E-state index contributed by atoms with van der Waals surface area (Å²) in [5.41, 5.74) is 0.340. The Morgan fingerprint density at radius 3 is 1.46 bits per heavy atom. The van der Waals surface area contributed by atoms with Gasteiger partial charge in [-0.15, -0.1) is 0 Å². The second-order valence-corrected chi connectivity index (χ2v) is 11.2. The van der Waals surface area contributed by atoms with Gasteiger partial charge in [0, 0.05) is 0 Å². The Bertz CT molecular complexity index is 733. The number of unbranched alkanes of at least 4 members (excludes halogenated alkanes) is 13. The molecule has 0 aliphatic rings. The summed E-state index contributed by atoms with van der Waals surface area (Å²) in [4.78, 5) is -0.222. The molecule has 0 aromatic heterocycles. The molecular formula is C30H55NO3S. The fourth-order valence-corrected chi connectivity index (χ4v) is 5.35. The van der Waals surface area contributed by atoms with Crippen molar-refractivity contribution < 1.29 is 17.5 Å². The highest BCUT2D eigenvalue weighted by Gasteiger charge is 2.19. The topological polar surface area (TPSA) is 57.2 Å². The van der Waals surface area contributed by atoms with Crippen LogP contribution in [0.5, 0.6) is 0 Å². The SMILES string of the molecule is C=Cc1ccccc1S(=O)(=O)[O-].CCCCCCCCCCCCCCCC[N+](CC)(CC)CC. The molecule has 0 atom stereocenters. The van der Waals surface area contributed by atoms with Crippen molar-refractivity contribution in [3.05, 3.63) is 36.4 Å². The first kappa shape index (κ1) is 33.8. The molecule has 0 saturated heterocycles. The van der Waals surface area contributed by atoms with E-state index in [9.17, 15) is 13.0 Å². The van der Waals surface area contributed by atoms with E-state index in [4.69, 9.17) is 0 Å². The minimum Gasteiger partial charge on any atom is -0.744 e. The molecule has 4 nitrogen and oxygen atoms in total. The second kappa shape index (κ2) is 21.0. The van der Waals surface area contributed by atoms with E-state index < -0.39 is 10.1 Å². The van der Waals surface area contributed by atoms with E-state index in [0.29, 0.717) is 5.56 Å². The average molecular weight is 510 g/mol. The lowest BCUT2D eigenvalue weighted by molar-refractivity contribution is -0.923. The summed E-state index contributed by atoms with van der Waals surface area (Å²) in [5.74, 6) is 0. The van der Waals surface area contributed by atoms with Gasteiger partial charge in [-0.1, -0.05) is 115 Å². The van der Waals surface area contributed by atoms with Crippen molar-refractivity contribution in [3.8, 4) is 0 Å². The summed E-state index contributed by atoms with van der Waals surface area (Å²) in [6, 6.07) is 5.93. The number of quaternary nitrogens is 1. The first-order valence-electron chi connectivity index (χ1n) is 14.3. The molecule has 0 bridgehead atoms. The van der Waals surface area contributed by atoms with Crippen molar-refractivity contribution in [1.29, 1.82) is 0 Å². The molecular weight excluding hydrogens is 454 g/mol. The van der Waals surface area contributed by atoms with E-state index in [0.717, 1.165) is 0 Å². The Morgan fingerprint density at radius 1 is 0.714 bits per heavy atom. The van der Waals surface area contributed by atoms with Crippen LogP contribution < -0.4 is 0 Å². The van der Waals surface area contributed by atoms with Gasteiger partial charge in [-0.25, -0.2) is 8.42 Å². The van der Waals surface area contributed by atoms with Crippen LogP contribution in [-0.4, -0.2) is 43.6 Å². The maximum Gasteiger partial charge on any atom is 0.125 e. The van der Waals surface area contributed by atoms with Crippen molar-refractivity contribution in [2.24, 2.45) is 0 Å². The minimum atomic E-state index is -4.37. The Kier molecular flexibility index (Phi) is 20.3. The largest absolute Gasteiger partial charge is 0.744 e. The van der Waals surface area contributed by atoms with Crippen molar-refractivity contribution in [2.45, 2.75) is 122 Å². The molecule has 204 valence electrons. The van der Waals surface area contributed by atoms with Gasteiger partial charge in [-0.2, -0.15) is 0 Å². The molecule has 1 aromatic carbocycles. The van der Waals surface area contributed by atoms with Crippen LogP contribution in [0, 0.1) is 0 Å². The van der Waals surface area contributed by atoms with Gasteiger partial charge >= 0.3 is 0 Å². The Morgan fingerprint density at radius 2 is 1.11 bits per heavy atom. The van der Waals surface area contributed by atoms with Crippen LogP contribution in [0.4, 0.5) is 0 Å². The molecule has 1 aromatic rings. The fraction of sp³-hybridized carbons (Fsp3) is 0.733. The maximum atomic E-state index is 10.6. The molecule has 0 fully saturated rings. The predicted octanol–water partition coefficient (Wildman–Crippen LogP) is 8.58. The van der Waals surface area contributed by atoms with Gasteiger partial charge in [0.1, 0.15) is 10.1 Å². The van der Waals surface area contributed by atoms with Crippen LogP contribution >= 0.6 is 0 Å². The molecule has 0 heterocycles. The third-order valence-corrected chi connectivity index (χ3v) is 8.32. The molecule has 0 radical (unpaired) electrons. The van der Waals surface area contributed by atoms with Gasteiger partial charge in [0.2, 0.25) is 0 Å². The minimum absolute atomic E-state index is 0.222. The van der Waals surface area contributed by atoms with Gasteiger partial charge in [0.05, 0.1) is 31.1 Å². The van der Waals surface area contributed by atoms with Gasteiger partial charge in [0.15, 0.2) is 0 Å². The summed E-state index contributed by atoms with van der Waals surface area (Å²) < 4.78 is 33.2. The van der Waals surface area contributed by atoms with Crippen LogP contribution in [0.3, 0.4) is 0 Å². The highest BCUT2D eigenvalue weighted by Crippen LogP contribution is 2.16. The van der Waals surface area contributed by atoms with Crippen LogP contribution in [0.2, 0.25) is 0 Å². The zero-order chi connectivity index (χ0) is 26.4. The third-order valence-electron chi connectivity index (χ3n) is 7.41. The van der Waals surface area contributed by atoms with Gasteiger partial charge < -0.3 is 9.04 Å². The van der Waals surface area contributed by atoms with E-state index in [1.54, 1.807) is 6.07 Å². The van der Waals surface area contributed by atoms with E-state index in [1.165, 1.54) is 145 Å². The van der Waals surface area contributed by atoms with E-state index >= 15 is 0 Å². The van der Waals surface area contributed by atoms with Crippen molar-refractivity contribution >= 4 is 16.2 Å².